The molecule has 1 aliphatic rings. The zero-order chi connectivity index (χ0) is 16.3. The van der Waals surface area contributed by atoms with Crippen molar-refractivity contribution in [1.29, 1.82) is 0 Å². The first-order valence-electron chi connectivity index (χ1n) is 6.73. The van der Waals surface area contributed by atoms with Crippen LogP contribution in [0.25, 0.3) is 6.08 Å². The smallest absolute Gasteiger partial charge is 0.260 e. The monoisotopic (exact) mass is 310 g/mol. The Morgan fingerprint density at radius 1 is 1.18 bits per heavy atom. The lowest BCUT2D eigenvalue weighted by atomic mass is 9.90. The van der Waals surface area contributed by atoms with Gasteiger partial charge >= 0.3 is 0 Å². The molecule has 1 aliphatic heterocycles. The highest BCUT2D eigenvalue weighted by Crippen LogP contribution is 2.29. The Balaban J connectivity index is 2.21. The summed E-state index contributed by atoms with van der Waals surface area (Å²) in [5.74, 6) is -3.75. The Morgan fingerprint density at radius 2 is 1.82 bits per heavy atom. The van der Waals surface area contributed by atoms with Crippen molar-refractivity contribution in [2.45, 2.75) is 30.2 Å². The second-order valence-corrected chi connectivity index (χ2v) is 5.07. The number of hydrogen-bond donors (Lipinski definition) is 5. The van der Waals surface area contributed by atoms with Crippen molar-refractivity contribution >= 4 is 11.9 Å². The SMILES string of the molecule is O=C(/C=C/c1ccccc1)C1(O)OC(CO)C(O)C(O)C1O. The molecule has 0 aliphatic carbocycles. The number of rotatable bonds is 4. The van der Waals surface area contributed by atoms with E-state index in [0.717, 1.165) is 6.08 Å². The maximum Gasteiger partial charge on any atom is 0.260 e. The van der Waals surface area contributed by atoms with Crippen molar-refractivity contribution in [3.05, 3.63) is 42.0 Å². The van der Waals surface area contributed by atoms with E-state index in [0.29, 0.717) is 5.56 Å². The largest absolute Gasteiger partial charge is 0.394 e. The van der Waals surface area contributed by atoms with E-state index in [1.54, 1.807) is 30.3 Å². The maximum absolute atomic E-state index is 12.1. The summed E-state index contributed by atoms with van der Waals surface area (Å²) in [7, 11) is 0. The van der Waals surface area contributed by atoms with Crippen LogP contribution in [0.5, 0.6) is 0 Å². The van der Waals surface area contributed by atoms with Gasteiger partial charge in [0, 0.05) is 0 Å². The summed E-state index contributed by atoms with van der Waals surface area (Å²) in [6.07, 6.45) is -4.48. The summed E-state index contributed by atoms with van der Waals surface area (Å²) in [6, 6.07) is 8.76. The fraction of sp³-hybridized carbons (Fsp3) is 0.400. The predicted molar refractivity (Wildman–Crippen MR) is 75.4 cm³/mol. The normalized spacial score (nSPS) is 35.7. The molecule has 0 radical (unpaired) electrons. The molecule has 7 nitrogen and oxygen atoms in total. The van der Waals surface area contributed by atoms with Crippen LogP contribution in [-0.4, -0.2) is 68.1 Å². The molecule has 5 unspecified atom stereocenters. The number of hydrogen-bond acceptors (Lipinski definition) is 7. The van der Waals surface area contributed by atoms with Crippen LogP contribution in [0.15, 0.2) is 36.4 Å². The minimum absolute atomic E-state index is 0.684. The van der Waals surface area contributed by atoms with E-state index in [1.807, 2.05) is 0 Å². The molecule has 1 saturated heterocycles. The number of carbonyl (C=O) groups excluding carboxylic acids is 1. The van der Waals surface area contributed by atoms with Crippen molar-refractivity contribution < 1.29 is 35.1 Å². The Bertz CT molecular complexity index is 542. The van der Waals surface area contributed by atoms with Crippen LogP contribution in [0.4, 0.5) is 0 Å². The molecule has 2 rings (SSSR count). The zero-order valence-corrected chi connectivity index (χ0v) is 11.6. The van der Waals surface area contributed by atoms with Crippen LogP contribution in [0.3, 0.4) is 0 Å². The molecular weight excluding hydrogens is 292 g/mol. The van der Waals surface area contributed by atoms with Crippen molar-refractivity contribution in [2.24, 2.45) is 0 Å². The van der Waals surface area contributed by atoms with Gasteiger partial charge in [0.1, 0.15) is 24.4 Å². The molecule has 0 amide bonds. The van der Waals surface area contributed by atoms with E-state index in [2.05, 4.69) is 0 Å². The van der Waals surface area contributed by atoms with Crippen LogP contribution < -0.4 is 0 Å². The molecule has 0 aromatic heterocycles. The molecular formula is C15H18O7. The number of aliphatic hydroxyl groups excluding tert-OH is 4. The predicted octanol–water partition coefficient (Wildman–Crippen LogP) is -1.57. The highest BCUT2D eigenvalue weighted by atomic mass is 16.7. The molecule has 1 aromatic carbocycles. The summed E-state index contributed by atoms with van der Waals surface area (Å²) in [6.45, 7) is -0.733. The van der Waals surface area contributed by atoms with Gasteiger partial charge in [-0.2, -0.15) is 0 Å². The number of ketones is 1. The molecule has 7 heteroatoms. The first-order chi connectivity index (χ1) is 10.4. The third kappa shape index (κ3) is 3.09. The third-order valence-corrected chi connectivity index (χ3v) is 3.55. The van der Waals surface area contributed by atoms with E-state index in [9.17, 15) is 25.2 Å². The fourth-order valence-electron chi connectivity index (χ4n) is 2.21. The highest BCUT2D eigenvalue weighted by Gasteiger charge is 2.56. The maximum atomic E-state index is 12.1. The van der Waals surface area contributed by atoms with E-state index in [-0.39, 0.29) is 0 Å². The van der Waals surface area contributed by atoms with Gasteiger partial charge in [-0.1, -0.05) is 36.4 Å². The molecule has 0 spiro atoms. The van der Waals surface area contributed by atoms with Crippen LogP contribution in [0.1, 0.15) is 5.56 Å². The molecule has 5 N–H and O–H groups in total. The lowest BCUT2D eigenvalue weighted by molar-refractivity contribution is -0.329. The van der Waals surface area contributed by atoms with Crippen molar-refractivity contribution in [3.63, 3.8) is 0 Å². The molecule has 22 heavy (non-hydrogen) atoms. The van der Waals surface area contributed by atoms with Crippen LogP contribution in [0, 0.1) is 0 Å². The van der Waals surface area contributed by atoms with Gasteiger partial charge in [0.25, 0.3) is 5.79 Å². The van der Waals surface area contributed by atoms with E-state index in [4.69, 9.17) is 9.84 Å². The summed E-state index contributed by atoms with van der Waals surface area (Å²) >= 11 is 0. The number of carbonyl (C=O) groups is 1. The molecule has 5 atom stereocenters. The average Bonchev–Trinajstić information content (AvgIpc) is 2.55. The van der Waals surface area contributed by atoms with Gasteiger partial charge in [0.05, 0.1) is 6.61 Å². The lowest BCUT2D eigenvalue weighted by Gasteiger charge is -2.43. The molecule has 1 fully saturated rings. The quantitative estimate of drug-likeness (QED) is 0.425. The summed E-state index contributed by atoms with van der Waals surface area (Å²) in [4.78, 5) is 12.1. The Morgan fingerprint density at radius 3 is 2.41 bits per heavy atom. The Labute approximate surface area is 126 Å². The van der Waals surface area contributed by atoms with Crippen molar-refractivity contribution in [2.75, 3.05) is 6.61 Å². The van der Waals surface area contributed by atoms with E-state index in [1.165, 1.54) is 6.08 Å². The molecule has 1 aromatic rings. The first-order valence-corrected chi connectivity index (χ1v) is 6.73. The van der Waals surface area contributed by atoms with Gasteiger partial charge in [-0.05, 0) is 11.6 Å². The van der Waals surface area contributed by atoms with Gasteiger partial charge in [-0.25, -0.2) is 0 Å². The standard InChI is InChI=1S/C15H18O7/c16-8-10-12(18)13(19)14(20)15(21,22-10)11(17)7-6-9-4-2-1-3-5-9/h1-7,10,12-14,16,18-21H,8H2/b7-6+. The fourth-order valence-corrected chi connectivity index (χ4v) is 2.21. The second-order valence-electron chi connectivity index (χ2n) is 5.07. The summed E-state index contributed by atoms with van der Waals surface area (Å²) in [5, 5.41) is 48.4. The van der Waals surface area contributed by atoms with Gasteiger partial charge in [-0.3, -0.25) is 4.79 Å². The van der Waals surface area contributed by atoms with Crippen LogP contribution >= 0.6 is 0 Å². The number of benzene rings is 1. The average molecular weight is 310 g/mol. The first kappa shape index (κ1) is 16.8. The molecule has 0 saturated carbocycles. The highest BCUT2D eigenvalue weighted by molar-refractivity contribution is 5.99. The van der Waals surface area contributed by atoms with Gasteiger partial charge in [-0.15, -0.1) is 0 Å². The van der Waals surface area contributed by atoms with Crippen molar-refractivity contribution in [3.8, 4) is 0 Å². The molecule has 120 valence electrons. The lowest BCUT2D eigenvalue weighted by Crippen LogP contribution is -2.67. The van der Waals surface area contributed by atoms with E-state index < -0.39 is 42.6 Å². The second kappa shape index (κ2) is 6.66. The zero-order valence-electron chi connectivity index (χ0n) is 11.6. The Kier molecular flexibility index (Phi) is 5.07. The summed E-state index contributed by atoms with van der Waals surface area (Å²) in [5.41, 5.74) is 0.684. The van der Waals surface area contributed by atoms with Crippen molar-refractivity contribution in [1.82, 2.24) is 0 Å². The minimum atomic E-state index is -2.74. The minimum Gasteiger partial charge on any atom is -0.394 e. The number of ether oxygens (including phenoxy) is 1. The van der Waals surface area contributed by atoms with Gasteiger partial charge in [0.15, 0.2) is 0 Å². The summed E-state index contributed by atoms with van der Waals surface area (Å²) < 4.78 is 4.91. The van der Waals surface area contributed by atoms with E-state index >= 15 is 0 Å². The third-order valence-electron chi connectivity index (χ3n) is 3.55. The molecule has 0 bridgehead atoms. The van der Waals surface area contributed by atoms with Crippen LogP contribution in [0.2, 0.25) is 0 Å². The topological polar surface area (TPSA) is 127 Å². The van der Waals surface area contributed by atoms with Gasteiger partial charge < -0.3 is 30.3 Å². The molecule has 1 heterocycles. The Hall–Kier alpha value is -1.61. The van der Waals surface area contributed by atoms with Gasteiger partial charge in [0.2, 0.25) is 5.78 Å². The van der Waals surface area contributed by atoms with Crippen LogP contribution in [-0.2, 0) is 9.53 Å². The number of aliphatic hydroxyl groups is 5.